The molecule has 1 N–H and O–H groups in total. The molecule has 1 aromatic rings. The van der Waals surface area contributed by atoms with E-state index < -0.39 is 0 Å². The van der Waals surface area contributed by atoms with Crippen molar-refractivity contribution in [3.63, 3.8) is 0 Å². The van der Waals surface area contributed by atoms with Gasteiger partial charge in [-0.25, -0.2) is 0 Å². The van der Waals surface area contributed by atoms with Gasteiger partial charge >= 0.3 is 0 Å². The SMILES string of the molecule is COCc1ccccc1C(O)CC(C)CC(C)C. The van der Waals surface area contributed by atoms with E-state index in [9.17, 15) is 5.11 Å². The second-order valence-corrected chi connectivity index (χ2v) is 5.62. The Bertz CT molecular complexity index is 347. The minimum atomic E-state index is -0.384. The van der Waals surface area contributed by atoms with Gasteiger partial charge in [0.1, 0.15) is 0 Å². The highest BCUT2D eigenvalue weighted by Crippen LogP contribution is 2.27. The zero-order valence-corrected chi connectivity index (χ0v) is 12.0. The average molecular weight is 250 g/mol. The van der Waals surface area contributed by atoms with E-state index in [1.165, 1.54) is 0 Å². The lowest BCUT2D eigenvalue weighted by Gasteiger charge is -2.20. The largest absolute Gasteiger partial charge is 0.388 e. The van der Waals surface area contributed by atoms with E-state index in [1.807, 2.05) is 24.3 Å². The summed E-state index contributed by atoms with van der Waals surface area (Å²) in [5.41, 5.74) is 2.10. The van der Waals surface area contributed by atoms with Gasteiger partial charge in [-0.3, -0.25) is 0 Å². The Hall–Kier alpha value is -0.860. The normalized spacial score (nSPS) is 14.8. The Balaban J connectivity index is 2.68. The smallest absolute Gasteiger partial charge is 0.0796 e. The number of aliphatic hydroxyl groups is 1. The summed E-state index contributed by atoms with van der Waals surface area (Å²) in [6.45, 7) is 7.22. The summed E-state index contributed by atoms with van der Waals surface area (Å²) in [5.74, 6) is 1.22. The fraction of sp³-hybridized carbons (Fsp3) is 0.625. The van der Waals surface area contributed by atoms with Crippen molar-refractivity contribution in [2.24, 2.45) is 11.8 Å². The van der Waals surface area contributed by atoms with Gasteiger partial charge < -0.3 is 9.84 Å². The monoisotopic (exact) mass is 250 g/mol. The lowest BCUT2D eigenvalue weighted by molar-refractivity contribution is 0.134. The van der Waals surface area contributed by atoms with Crippen LogP contribution in [-0.2, 0) is 11.3 Å². The molecule has 2 heteroatoms. The maximum Gasteiger partial charge on any atom is 0.0796 e. The molecule has 1 rings (SSSR count). The molecular weight excluding hydrogens is 224 g/mol. The van der Waals surface area contributed by atoms with Crippen LogP contribution >= 0.6 is 0 Å². The third-order valence-electron chi connectivity index (χ3n) is 3.21. The van der Waals surface area contributed by atoms with Crippen molar-refractivity contribution in [2.75, 3.05) is 7.11 Å². The molecule has 0 aromatic heterocycles. The van der Waals surface area contributed by atoms with Crippen LogP contribution in [0.15, 0.2) is 24.3 Å². The van der Waals surface area contributed by atoms with Crippen LogP contribution < -0.4 is 0 Å². The molecule has 0 saturated carbocycles. The maximum atomic E-state index is 10.4. The van der Waals surface area contributed by atoms with Crippen LogP contribution in [0.5, 0.6) is 0 Å². The molecule has 0 aliphatic rings. The van der Waals surface area contributed by atoms with E-state index in [1.54, 1.807) is 7.11 Å². The van der Waals surface area contributed by atoms with Crippen molar-refractivity contribution in [3.8, 4) is 0 Å². The summed E-state index contributed by atoms with van der Waals surface area (Å²) in [6, 6.07) is 7.99. The number of hydrogen-bond donors (Lipinski definition) is 1. The lowest BCUT2D eigenvalue weighted by atomic mass is 9.90. The van der Waals surface area contributed by atoms with Gasteiger partial charge in [0.05, 0.1) is 12.7 Å². The molecule has 0 heterocycles. The van der Waals surface area contributed by atoms with Gasteiger partial charge in [-0.15, -0.1) is 0 Å². The van der Waals surface area contributed by atoms with E-state index in [2.05, 4.69) is 20.8 Å². The summed E-state index contributed by atoms with van der Waals surface area (Å²) >= 11 is 0. The highest BCUT2D eigenvalue weighted by atomic mass is 16.5. The van der Waals surface area contributed by atoms with Crippen LogP contribution in [0.2, 0.25) is 0 Å². The average Bonchev–Trinajstić information content (AvgIpc) is 2.28. The van der Waals surface area contributed by atoms with E-state index in [0.717, 1.165) is 24.0 Å². The van der Waals surface area contributed by atoms with Crippen LogP contribution in [0.3, 0.4) is 0 Å². The molecule has 0 fully saturated rings. The van der Waals surface area contributed by atoms with Crippen molar-refractivity contribution < 1.29 is 9.84 Å². The van der Waals surface area contributed by atoms with Gasteiger partial charge in [0.15, 0.2) is 0 Å². The predicted molar refractivity (Wildman–Crippen MR) is 75.4 cm³/mol. The van der Waals surface area contributed by atoms with Crippen molar-refractivity contribution in [3.05, 3.63) is 35.4 Å². The lowest BCUT2D eigenvalue weighted by Crippen LogP contribution is -2.09. The first kappa shape index (κ1) is 15.2. The zero-order chi connectivity index (χ0) is 13.5. The van der Waals surface area contributed by atoms with Gasteiger partial charge in [-0.2, -0.15) is 0 Å². The fourth-order valence-corrected chi connectivity index (χ4v) is 2.56. The summed E-state index contributed by atoms with van der Waals surface area (Å²) in [4.78, 5) is 0. The first-order chi connectivity index (χ1) is 8.54. The molecule has 2 nitrogen and oxygen atoms in total. The van der Waals surface area contributed by atoms with Gasteiger partial charge in [-0.05, 0) is 35.8 Å². The van der Waals surface area contributed by atoms with Crippen LogP contribution in [0.25, 0.3) is 0 Å². The second kappa shape index (κ2) is 7.55. The number of hydrogen-bond acceptors (Lipinski definition) is 2. The molecule has 0 aliphatic carbocycles. The minimum absolute atomic E-state index is 0.384. The van der Waals surface area contributed by atoms with E-state index in [-0.39, 0.29) is 6.10 Å². The number of ether oxygens (including phenoxy) is 1. The predicted octanol–water partition coefficient (Wildman–Crippen LogP) is 3.94. The highest BCUT2D eigenvalue weighted by Gasteiger charge is 2.16. The summed E-state index contributed by atoms with van der Waals surface area (Å²) in [5, 5.41) is 10.4. The molecular formula is C16H26O2. The minimum Gasteiger partial charge on any atom is -0.388 e. The Morgan fingerprint density at radius 1 is 1.11 bits per heavy atom. The Kier molecular flexibility index (Phi) is 6.37. The summed E-state index contributed by atoms with van der Waals surface area (Å²) in [7, 11) is 1.69. The van der Waals surface area contributed by atoms with Gasteiger partial charge in [0, 0.05) is 7.11 Å². The highest BCUT2D eigenvalue weighted by molar-refractivity contribution is 5.28. The standard InChI is InChI=1S/C16H26O2/c1-12(2)9-13(3)10-16(17)15-8-6-5-7-14(15)11-18-4/h5-8,12-13,16-17H,9-11H2,1-4H3. The molecule has 18 heavy (non-hydrogen) atoms. The van der Waals surface area contributed by atoms with E-state index >= 15 is 0 Å². The van der Waals surface area contributed by atoms with Crippen molar-refractivity contribution in [1.82, 2.24) is 0 Å². The molecule has 0 bridgehead atoms. The number of benzene rings is 1. The van der Waals surface area contributed by atoms with Crippen LogP contribution in [0, 0.1) is 11.8 Å². The molecule has 0 saturated heterocycles. The molecule has 0 amide bonds. The third-order valence-corrected chi connectivity index (χ3v) is 3.21. The maximum absolute atomic E-state index is 10.4. The first-order valence-corrected chi connectivity index (χ1v) is 6.79. The number of rotatable bonds is 7. The quantitative estimate of drug-likeness (QED) is 0.794. The topological polar surface area (TPSA) is 29.5 Å². The van der Waals surface area contributed by atoms with Crippen LogP contribution in [-0.4, -0.2) is 12.2 Å². The summed E-state index contributed by atoms with van der Waals surface area (Å²) < 4.78 is 5.18. The number of aliphatic hydroxyl groups excluding tert-OH is 1. The Morgan fingerprint density at radius 2 is 1.78 bits per heavy atom. The van der Waals surface area contributed by atoms with Gasteiger partial charge in [0.2, 0.25) is 0 Å². The van der Waals surface area contributed by atoms with Crippen molar-refractivity contribution in [1.29, 1.82) is 0 Å². The molecule has 2 unspecified atom stereocenters. The molecule has 0 aliphatic heterocycles. The molecule has 0 radical (unpaired) electrons. The first-order valence-electron chi connectivity index (χ1n) is 6.79. The van der Waals surface area contributed by atoms with Gasteiger partial charge in [-0.1, -0.05) is 45.0 Å². The Labute approximate surface area is 111 Å². The second-order valence-electron chi connectivity index (χ2n) is 5.62. The number of methoxy groups -OCH3 is 1. The molecule has 1 aromatic carbocycles. The Morgan fingerprint density at radius 3 is 2.39 bits per heavy atom. The van der Waals surface area contributed by atoms with Crippen LogP contribution in [0.4, 0.5) is 0 Å². The fourth-order valence-electron chi connectivity index (χ4n) is 2.56. The summed E-state index contributed by atoms with van der Waals surface area (Å²) in [6.07, 6.45) is 1.59. The van der Waals surface area contributed by atoms with Gasteiger partial charge in [0.25, 0.3) is 0 Å². The van der Waals surface area contributed by atoms with Crippen molar-refractivity contribution in [2.45, 2.75) is 46.3 Å². The third kappa shape index (κ3) is 4.79. The van der Waals surface area contributed by atoms with E-state index in [4.69, 9.17) is 4.74 Å². The van der Waals surface area contributed by atoms with Crippen molar-refractivity contribution >= 4 is 0 Å². The molecule has 0 spiro atoms. The van der Waals surface area contributed by atoms with E-state index in [0.29, 0.717) is 18.4 Å². The zero-order valence-electron chi connectivity index (χ0n) is 12.0. The van der Waals surface area contributed by atoms with Crippen LogP contribution in [0.1, 0.15) is 50.8 Å². The molecule has 2 atom stereocenters. The molecule has 102 valence electrons.